The molecule has 0 N–H and O–H groups in total. The topological polar surface area (TPSA) is 26.3 Å². The third kappa shape index (κ3) is 3.02. The second kappa shape index (κ2) is 5.58. The molecule has 4 heteroatoms. The Morgan fingerprint density at radius 2 is 1.94 bits per heavy atom. The van der Waals surface area contributed by atoms with Gasteiger partial charge in [0.15, 0.2) is 23.2 Å². The fraction of sp³-hybridized carbons (Fsp3) is 0.417. The predicted molar refractivity (Wildman–Crippen MR) is 56.3 cm³/mol. The number of benzene rings is 1. The number of para-hydroxylation sites is 1. The van der Waals surface area contributed by atoms with Gasteiger partial charge in [0, 0.05) is 5.92 Å². The molecular weight excluding hydrogens is 214 g/mol. The van der Waals surface area contributed by atoms with Gasteiger partial charge in [0.05, 0.1) is 0 Å². The molecule has 1 rings (SSSR count). The third-order valence-corrected chi connectivity index (χ3v) is 2.44. The lowest BCUT2D eigenvalue weighted by Gasteiger charge is -2.10. The average molecular weight is 228 g/mol. The maximum absolute atomic E-state index is 13.1. The van der Waals surface area contributed by atoms with E-state index >= 15 is 0 Å². The SMILES string of the molecule is CCC(C)C(=O)COc1c(F)cccc1F. The van der Waals surface area contributed by atoms with Crippen LogP contribution < -0.4 is 4.74 Å². The van der Waals surface area contributed by atoms with Crippen LogP contribution in [0.4, 0.5) is 8.78 Å². The minimum absolute atomic E-state index is 0.158. The molecular formula is C12H14F2O2. The second-order valence-corrected chi connectivity index (χ2v) is 3.62. The van der Waals surface area contributed by atoms with E-state index in [-0.39, 0.29) is 18.3 Å². The molecule has 1 aromatic carbocycles. The lowest BCUT2D eigenvalue weighted by molar-refractivity contribution is -0.124. The maximum atomic E-state index is 13.1. The molecule has 0 amide bonds. The molecule has 0 aliphatic heterocycles. The standard InChI is InChI=1S/C12H14F2O2/c1-3-8(2)11(15)7-16-12-9(13)5-4-6-10(12)14/h4-6,8H,3,7H2,1-2H3. The number of Topliss-reactive ketones (excluding diaryl/α,β-unsaturated/α-hetero) is 1. The van der Waals surface area contributed by atoms with E-state index in [1.54, 1.807) is 6.92 Å². The van der Waals surface area contributed by atoms with Crippen molar-refractivity contribution in [1.29, 1.82) is 0 Å². The average Bonchev–Trinajstić information content (AvgIpc) is 2.27. The maximum Gasteiger partial charge on any atom is 0.191 e. The molecule has 1 aromatic rings. The Morgan fingerprint density at radius 3 is 2.44 bits per heavy atom. The van der Waals surface area contributed by atoms with Crippen molar-refractivity contribution in [2.24, 2.45) is 5.92 Å². The van der Waals surface area contributed by atoms with Crippen molar-refractivity contribution < 1.29 is 18.3 Å². The number of rotatable bonds is 5. The van der Waals surface area contributed by atoms with Gasteiger partial charge in [-0.15, -0.1) is 0 Å². The summed E-state index contributed by atoms with van der Waals surface area (Å²) in [5.41, 5.74) is 0. The molecule has 2 nitrogen and oxygen atoms in total. The minimum Gasteiger partial charge on any atom is -0.480 e. The molecule has 0 aromatic heterocycles. The monoisotopic (exact) mass is 228 g/mol. The van der Waals surface area contributed by atoms with Crippen LogP contribution in [-0.2, 0) is 4.79 Å². The molecule has 0 bridgehead atoms. The number of carbonyl (C=O) groups is 1. The molecule has 0 aliphatic carbocycles. The summed E-state index contributed by atoms with van der Waals surface area (Å²) in [7, 11) is 0. The van der Waals surface area contributed by atoms with Crippen LogP contribution in [0.25, 0.3) is 0 Å². The van der Waals surface area contributed by atoms with Crippen molar-refractivity contribution in [2.45, 2.75) is 20.3 Å². The quantitative estimate of drug-likeness (QED) is 0.774. The van der Waals surface area contributed by atoms with E-state index < -0.39 is 17.4 Å². The molecule has 0 fully saturated rings. The largest absolute Gasteiger partial charge is 0.480 e. The lowest BCUT2D eigenvalue weighted by atomic mass is 10.0. The van der Waals surface area contributed by atoms with Crippen molar-refractivity contribution in [2.75, 3.05) is 6.61 Å². The van der Waals surface area contributed by atoms with Gasteiger partial charge < -0.3 is 4.74 Å². The van der Waals surface area contributed by atoms with E-state index in [2.05, 4.69) is 0 Å². The normalized spacial score (nSPS) is 12.2. The summed E-state index contributed by atoms with van der Waals surface area (Å²) in [6, 6.07) is 3.42. The third-order valence-electron chi connectivity index (χ3n) is 2.44. The van der Waals surface area contributed by atoms with E-state index in [0.717, 1.165) is 12.1 Å². The Labute approximate surface area is 93.2 Å². The number of halogens is 2. The lowest BCUT2D eigenvalue weighted by Crippen LogP contribution is -2.19. The smallest absolute Gasteiger partial charge is 0.191 e. The fourth-order valence-electron chi connectivity index (χ4n) is 1.13. The molecule has 88 valence electrons. The zero-order valence-corrected chi connectivity index (χ0v) is 9.30. The summed E-state index contributed by atoms with van der Waals surface area (Å²) < 4.78 is 31.1. The zero-order chi connectivity index (χ0) is 12.1. The summed E-state index contributed by atoms with van der Waals surface area (Å²) in [6.45, 7) is 3.32. The van der Waals surface area contributed by atoms with Gasteiger partial charge in [0.1, 0.15) is 6.61 Å². The van der Waals surface area contributed by atoms with Crippen molar-refractivity contribution in [3.05, 3.63) is 29.8 Å². The molecule has 0 heterocycles. The summed E-state index contributed by atoms with van der Waals surface area (Å²) in [4.78, 5) is 11.4. The van der Waals surface area contributed by atoms with E-state index in [1.165, 1.54) is 6.07 Å². The Morgan fingerprint density at radius 1 is 1.38 bits per heavy atom. The first-order chi connectivity index (χ1) is 7.56. The minimum atomic E-state index is -0.794. The van der Waals surface area contributed by atoms with Gasteiger partial charge in [0.25, 0.3) is 0 Å². The molecule has 0 radical (unpaired) electrons. The van der Waals surface area contributed by atoms with Crippen LogP contribution >= 0.6 is 0 Å². The number of ether oxygens (including phenoxy) is 1. The zero-order valence-electron chi connectivity index (χ0n) is 9.30. The highest BCUT2D eigenvalue weighted by Gasteiger charge is 2.15. The number of hydrogen-bond acceptors (Lipinski definition) is 2. The van der Waals surface area contributed by atoms with Crippen LogP contribution in [-0.4, -0.2) is 12.4 Å². The van der Waals surface area contributed by atoms with E-state index in [1.807, 2.05) is 6.92 Å². The Kier molecular flexibility index (Phi) is 4.40. The van der Waals surface area contributed by atoms with Gasteiger partial charge in [-0.3, -0.25) is 4.79 Å². The molecule has 1 atom stereocenters. The van der Waals surface area contributed by atoms with E-state index in [0.29, 0.717) is 6.42 Å². The predicted octanol–water partition coefficient (Wildman–Crippen LogP) is 2.96. The van der Waals surface area contributed by atoms with E-state index in [4.69, 9.17) is 4.74 Å². The summed E-state index contributed by atoms with van der Waals surface area (Å²) in [6.07, 6.45) is 0.682. The fourth-order valence-corrected chi connectivity index (χ4v) is 1.13. The number of hydrogen-bond donors (Lipinski definition) is 0. The number of ketones is 1. The first kappa shape index (κ1) is 12.6. The number of carbonyl (C=O) groups excluding carboxylic acids is 1. The van der Waals surface area contributed by atoms with Gasteiger partial charge >= 0.3 is 0 Å². The highest BCUT2D eigenvalue weighted by molar-refractivity contribution is 5.82. The van der Waals surface area contributed by atoms with Crippen LogP contribution in [0.15, 0.2) is 18.2 Å². The summed E-state index contributed by atoms with van der Waals surface area (Å²) in [5.74, 6) is -2.40. The van der Waals surface area contributed by atoms with Gasteiger partial charge in [-0.05, 0) is 18.6 Å². The highest BCUT2D eigenvalue weighted by Crippen LogP contribution is 2.21. The molecule has 0 spiro atoms. The van der Waals surface area contributed by atoms with Crippen LogP contribution in [0, 0.1) is 17.6 Å². The highest BCUT2D eigenvalue weighted by atomic mass is 19.1. The van der Waals surface area contributed by atoms with Crippen molar-refractivity contribution in [1.82, 2.24) is 0 Å². The first-order valence-electron chi connectivity index (χ1n) is 5.15. The molecule has 1 unspecified atom stereocenters. The van der Waals surface area contributed by atoms with Crippen LogP contribution in [0.1, 0.15) is 20.3 Å². The van der Waals surface area contributed by atoms with Gasteiger partial charge in [-0.25, -0.2) is 8.78 Å². The second-order valence-electron chi connectivity index (χ2n) is 3.62. The Balaban J connectivity index is 2.65. The molecule has 0 saturated carbocycles. The van der Waals surface area contributed by atoms with Crippen LogP contribution in [0.2, 0.25) is 0 Å². The molecule has 16 heavy (non-hydrogen) atoms. The summed E-state index contributed by atoms with van der Waals surface area (Å²) >= 11 is 0. The summed E-state index contributed by atoms with van der Waals surface area (Å²) in [5, 5.41) is 0. The van der Waals surface area contributed by atoms with Gasteiger partial charge in [-0.1, -0.05) is 19.9 Å². The van der Waals surface area contributed by atoms with Gasteiger partial charge in [0.2, 0.25) is 0 Å². The van der Waals surface area contributed by atoms with E-state index in [9.17, 15) is 13.6 Å². The van der Waals surface area contributed by atoms with Crippen molar-refractivity contribution >= 4 is 5.78 Å². The molecule has 0 saturated heterocycles. The Bertz CT molecular complexity index is 357. The van der Waals surface area contributed by atoms with Crippen molar-refractivity contribution in [3.8, 4) is 5.75 Å². The Hall–Kier alpha value is -1.45. The van der Waals surface area contributed by atoms with Crippen molar-refractivity contribution in [3.63, 3.8) is 0 Å². The molecule has 0 aliphatic rings. The van der Waals surface area contributed by atoms with Gasteiger partial charge in [-0.2, -0.15) is 0 Å². The van der Waals surface area contributed by atoms with Crippen LogP contribution in [0.5, 0.6) is 5.75 Å². The first-order valence-corrected chi connectivity index (χ1v) is 5.15. The van der Waals surface area contributed by atoms with Crippen LogP contribution in [0.3, 0.4) is 0 Å².